The molecule has 0 aliphatic heterocycles. The van der Waals surface area contributed by atoms with E-state index in [0.29, 0.717) is 12.0 Å². The van der Waals surface area contributed by atoms with Gasteiger partial charge in [0.25, 0.3) is 5.69 Å². The highest BCUT2D eigenvalue weighted by Gasteiger charge is 2.13. The quantitative estimate of drug-likeness (QED) is 0.587. The molecular weight excluding hydrogens is 182 g/mol. The summed E-state index contributed by atoms with van der Waals surface area (Å²) in [5, 5.41) is 19.4. The molecule has 0 saturated heterocycles. The van der Waals surface area contributed by atoms with Gasteiger partial charge in [0.05, 0.1) is 4.92 Å². The van der Waals surface area contributed by atoms with E-state index in [1.807, 2.05) is 13.0 Å². The summed E-state index contributed by atoms with van der Waals surface area (Å²) in [4.78, 5) is 10.3. The Hall–Kier alpha value is -1.42. The molecule has 0 heterocycles. The molecule has 14 heavy (non-hydrogen) atoms. The molecule has 0 saturated carbocycles. The van der Waals surface area contributed by atoms with E-state index in [-0.39, 0.29) is 12.3 Å². The van der Waals surface area contributed by atoms with E-state index in [0.717, 1.165) is 12.0 Å². The molecule has 4 heteroatoms. The van der Waals surface area contributed by atoms with E-state index in [1.54, 1.807) is 12.1 Å². The molecule has 0 amide bonds. The monoisotopic (exact) mass is 195 g/mol. The van der Waals surface area contributed by atoms with Gasteiger partial charge in [-0.1, -0.05) is 19.1 Å². The van der Waals surface area contributed by atoms with Crippen LogP contribution in [0.2, 0.25) is 0 Å². The predicted octanol–water partition coefficient (Wildman–Crippen LogP) is 1.69. The van der Waals surface area contributed by atoms with Gasteiger partial charge in [-0.25, -0.2) is 0 Å². The van der Waals surface area contributed by atoms with E-state index in [1.165, 1.54) is 0 Å². The van der Waals surface area contributed by atoms with Crippen molar-refractivity contribution in [1.82, 2.24) is 0 Å². The van der Waals surface area contributed by atoms with Crippen LogP contribution in [-0.2, 0) is 12.8 Å². The molecular formula is C10H13NO3. The second kappa shape index (κ2) is 4.72. The van der Waals surface area contributed by atoms with Crippen LogP contribution in [0.4, 0.5) is 5.69 Å². The van der Waals surface area contributed by atoms with Crippen LogP contribution in [0.5, 0.6) is 0 Å². The normalized spacial score (nSPS) is 10.1. The van der Waals surface area contributed by atoms with E-state index in [9.17, 15) is 10.1 Å². The molecule has 1 aromatic rings. The van der Waals surface area contributed by atoms with Gasteiger partial charge >= 0.3 is 0 Å². The lowest BCUT2D eigenvalue weighted by Crippen LogP contribution is -1.99. The molecule has 0 bridgehead atoms. The number of nitro groups is 1. The fourth-order valence-corrected chi connectivity index (χ4v) is 1.33. The minimum Gasteiger partial charge on any atom is -0.396 e. The Morgan fingerprint density at radius 1 is 1.50 bits per heavy atom. The maximum absolute atomic E-state index is 10.7. The van der Waals surface area contributed by atoms with Gasteiger partial charge in [-0.2, -0.15) is 0 Å². The van der Waals surface area contributed by atoms with Crippen molar-refractivity contribution in [3.63, 3.8) is 0 Å². The highest BCUT2D eigenvalue weighted by Crippen LogP contribution is 2.20. The van der Waals surface area contributed by atoms with Crippen LogP contribution in [0.15, 0.2) is 18.2 Å². The molecule has 4 nitrogen and oxygen atoms in total. The van der Waals surface area contributed by atoms with Crippen LogP contribution in [0.25, 0.3) is 0 Å². The van der Waals surface area contributed by atoms with Gasteiger partial charge in [0, 0.05) is 24.7 Å². The Morgan fingerprint density at radius 2 is 2.21 bits per heavy atom. The first-order valence-corrected chi connectivity index (χ1v) is 4.56. The van der Waals surface area contributed by atoms with E-state index in [2.05, 4.69) is 0 Å². The van der Waals surface area contributed by atoms with Crippen molar-refractivity contribution in [1.29, 1.82) is 0 Å². The SMILES string of the molecule is CCc1ccc(CCO)c([N+](=O)[O-])c1. The molecule has 0 aliphatic rings. The van der Waals surface area contributed by atoms with Crippen LogP contribution in [0.3, 0.4) is 0 Å². The first-order chi connectivity index (χ1) is 6.69. The Bertz CT molecular complexity index is 336. The topological polar surface area (TPSA) is 63.4 Å². The zero-order chi connectivity index (χ0) is 10.6. The molecule has 1 rings (SSSR count). The lowest BCUT2D eigenvalue weighted by atomic mass is 10.1. The first-order valence-electron chi connectivity index (χ1n) is 4.56. The number of rotatable bonds is 4. The third-order valence-electron chi connectivity index (χ3n) is 2.14. The number of nitrogens with zero attached hydrogens (tertiary/aromatic N) is 1. The minimum atomic E-state index is -0.399. The lowest BCUT2D eigenvalue weighted by molar-refractivity contribution is -0.385. The van der Waals surface area contributed by atoms with Gasteiger partial charge in [-0.15, -0.1) is 0 Å². The number of aliphatic hydroxyl groups is 1. The molecule has 0 aliphatic carbocycles. The summed E-state index contributed by atoms with van der Waals surface area (Å²) in [6.07, 6.45) is 1.11. The highest BCUT2D eigenvalue weighted by atomic mass is 16.6. The standard InChI is InChI=1S/C10H13NO3/c1-2-8-3-4-9(5-6-12)10(7-8)11(13)14/h3-4,7,12H,2,5-6H2,1H3. The summed E-state index contributed by atoms with van der Waals surface area (Å²) in [5.41, 5.74) is 1.64. The Labute approximate surface area is 82.3 Å². The van der Waals surface area contributed by atoms with Crippen molar-refractivity contribution >= 4 is 5.69 Å². The second-order valence-corrected chi connectivity index (χ2v) is 3.05. The van der Waals surface area contributed by atoms with Crippen molar-refractivity contribution in [2.75, 3.05) is 6.61 Å². The maximum atomic E-state index is 10.7. The van der Waals surface area contributed by atoms with Crippen molar-refractivity contribution in [3.8, 4) is 0 Å². The van der Waals surface area contributed by atoms with Crippen LogP contribution in [0.1, 0.15) is 18.1 Å². The summed E-state index contributed by atoms with van der Waals surface area (Å²) in [6.45, 7) is 1.89. The fraction of sp³-hybridized carbons (Fsp3) is 0.400. The summed E-state index contributed by atoms with van der Waals surface area (Å²) < 4.78 is 0. The number of aliphatic hydroxyl groups excluding tert-OH is 1. The molecule has 1 N–H and O–H groups in total. The van der Waals surface area contributed by atoms with Crippen molar-refractivity contribution in [2.24, 2.45) is 0 Å². The number of hydrogen-bond donors (Lipinski definition) is 1. The van der Waals surface area contributed by atoms with Crippen molar-refractivity contribution in [2.45, 2.75) is 19.8 Å². The summed E-state index contributed by atoms with van der Waals surface area (Å²) >= 11 is 0. The van der Waals surface area contributed by atoms with Crippen LogP contribution in [0, 0.1) is 10.1 Å². The summed E-state index contributed by atoms with van der Waals surface area (Å²) in [6, 6.07) is 5.15. The van der Waals surface area contributed by atoms with Crippen LogP contribution in [-0.4, -0.2) is 16.6 Å². The van der Waals surface area contributed by atoms with E-state index >= 15 is 0 Å². The first kappa shape index (κ1) is 10.7. The summed E-state index contributed by atoms with van der Waals surface area (Å²) in [7, 11) is 0. The Morgan fingerprint density at radius 3 is 2.71 bits per heavy atom. The zero-order valence-electron chi connectivity index (χ0n) is 8.06. The molecule has 0 spiro atoms. The van der Waals surface area contributed by atoms with Crippen molar-refractivity contribution in [3.05, 3.63) is 39.4 Å². The second-order valence-electron chi connectivity index (χ2n) is 3.05. The van der Waals surface area contributed by atoms with Crippen LogP contribution < -0.4 is 0 Å². The molecule has 76 valence electrons. The van der Waals surface area contributed by atoms with Crippen molar-refractivity contribution < 1.29 is 10.0 Å². The Kier molecular flexibility index (Phi) is 3.59. The largest absolute Gasteiger partial charge is 0.396 e. The number of benzene rings is 1. The highest BCUT2D eigenvalue weighted by molar-refractivity contribution is 5.43. The minimum absolute atomic E-state index is 0.0632. The van der Waals surface area contributed by atoms with E-state index in [4.69, 9.17) is 5.11 Å². The van der Waals surface area contributed by atoms with Crippen LogP contribution >= 0.6 is 0 Å². The molecule has 0 unspecified atom stereocenters. The number of nitro benzene ring substituents is 1. The molecule has 0 aromatic heterocycles. The number of aryl methyl sites for hydroxylation is 1. The lowest BCUT2D eigenvalue weighted by Gasteiger charge is -2.02. The number of hydrogen-bond acceptors (Lipinski definition) is 3. The Balaban J connectivity index is 3.10. The molecule has 1 aromatic carbocycles. The van der Waals surface area contributed by atoms with Gasteiger partial charge < -0.3 is 5.11 Å². The van der Waals surface area contributed by atoms with Gasteiger partial charge in [0.15, 0.2) is 0 Å². The van der Waals surface area contributed by atoms with Gasteiger partial charge in [0.2, 0.25) is 0 Å². The molecule has 0 atom stereocenters. The average molecular weight is 195 g/mol. The third-order valence-corrected chi connectivity index (χ3v) is 2.14. The average Bonchev–Trinajstić information content (AvgIpc) is 2.18. The third kappa shape index (κ3) is 2.29. The van der Waals surface area contributed by atoms with Gasteiger partial charge in [-0.05, 0) is 12.0 Å². The van der Waals surface area contributed by atoms with Gasteiger partial charge in [-0.3, -0.25) is 10.1 Å². The fourth-order valence-electron chi connectivity index (χ4n) is 1.33. The van der Waals surface area contributed by atoms with E-state index < -0.39 is 4.92 Å². The van der Waals surface area contributed by atoms with Gasteiger partial charge in [0.1, 0.15) is 0 Å². The predicted molar refractivity (Wildman–Crippen MR) is 53.3 cm³/mol. The molecule has 0 radical (unpaired) electrons. The molecule has 0 fully saturated rings. The smallest absolute Gasteiger partial charge is 0.272 e. The summed E-state index contributed by atoms with van der Waals surface area (Å²) in [5.74, 6) is 0. The maximum Gasteiger partial charge on any atom is 0.272 e. The zero-order valence-corrected chi connectivity index (χ0v) is 8.06.